The molecule has 3 aromatic heterocycles. The number of aromatic nitrogens is 6. The predicted molar refractivity (Wildman–Crippen MR) is 369 cm³/mol. The van der Waals surface area contributed by atoms with Gasteiger partial charge in [0.15, 0.2) is 23.3 Å². The lowest BCUT2D eigenvalue weighted by Gasteiger charge is -2.18. The average molecular weight is 1140 g/mol. The molecule has 2 aliphatic carbocycles. The normalized spacial score (nSPS) is 11.8. The molecule has 0 amide bonds. The van der Waals surface area contributed by atoms with Gasteiger partial charge in [-0.05, 0) is 118 Å². The van der Waals surface area contributed by atoms with Gasteiger partial charge < -0.3 is 0 Å². The largest absolute Gasteiger partial charge is 0.248 e. The summed E-state index contributed by atoms with van der Waals surface area (Å²) in [5.41, 5.74) is 26.6. The molecule has 6 nitrogen and oxygen atoms in total. The Morgan fingerprint density at radius 2 is 0.533 bits per heavy atom. The van der Waals surface area contributed by atoms with Gasteiger partial charge in [0, 0.05) is 49.9 Å². The fourth-order valence-electron chi connectivity index (χ4n) is 13.8. The summed E-state index contributed by atoms with van der Waals surface area (Å²) in [4.78, 5) is 32.0. The first-order chi connectivity index (χ1) is 44.6. The van der Waals surface area contributed by atoms with Crippen molar-refractivity contribution in [2.75, 3.05) is 0 Å². The van der Waals surface area contributed by atoms with Crippen LogP contribution >= 0.6 is 0 Å². The molecule has 416 valence electrons. The zero-order chi connectivity index (χ0) is 59.2. The lowest BCUT2D eigenvalue weighted by atomic mass is 9.88. The number of pyridine rings is 1. The molecule has 0 atom stereocenters. The summed E-state index contributed by atoms with van der Waals surface area (Å²) >= 11 is 0. The third kappa shape index (κ3) is 8.49. The molecular formula is C84H50N6. The summed E-state index contributed by atoms with van der Waals surface area (Å²) in [5.74, 6) is 2.38. The number of rotatable bonds is 10. The third-order valence-corrected chi connectivity index (χ3v) is 18.1. The van der Waals surface area contributed by atoms with E-state index in [0.717, 1.165) is 100 Å². The van der Waals surface area contributed by atoms with Gasteiger partial charge in [-0.15, -0.1) is 0 Å². The molecule has 16 aromatic rings. The van der Waals surface area contributed by atoms with E-state index in [1.165, 1.54) is 66.1 Å². The van der Waals surface area contributed by atoms with E-state index in [4.69, 9.17) is 29.9 Å². The van der Waals surface area contributed by atoms with Gasteiger partial charge in [0.05, 0.1) is 22.6 Å². The first-order valence-electron chi connectivity index (χ1n) is 30.5. The Kier molecular flexibility index (Phi) is 11.8. The third-order valence-electron chi connectivity index (χ3n) is 18.1. The minimum Gasteiger partial charge on any atom is -0.248 e. The number of hydrogen-bond donors (Lipinski definition) is 0. The fraction of sp³-hybridized carbons (Fsp3) is 0. The molecule has 0 saturated heterocycles. The maximum Gasteiger partial charge on any atom is 0.164 e. The summed E-state index contributed by atoms with van der Waals surface area (Å²) in [5, 5.41) is 5.85. The van der Waals surface area contributed by atoms with E-state index >= 15 is 0 Å². The van der Waals surface area contributed by atoms with Gasteiger partial charge in [-0.25, -0.2) is 29.9 Å². The second-order valence-electron chi connectivity index (χ2n) is 23.2. The summed E-state index contributed by atoms with van der Waals surface area (Å²) < 4.78 is 0. The SMILES string of the molecule is c1ccc(-c2cc(-c3ccccc3)nc(-c3ccc(-c4nc(-c5ccc(-c6nc(-c7ccccc7)nc(-c7ccccc7)n6)cc5)nc5c(-c6ccc7c8c(cccc68)-c6ccccc6-7)cc(-c6ccc7c8c(cccc68)-c6ccccc6-7)cc45)cc3)c2)cc1. The smallest absolute Gasteiger partial charge is 0.164 e. The van der Waals surface area contributed by atoms with E-state index < -0.39 is 0 Å². The van der Waals surface area contributed by atoms with Gasteiger partial charge in [0.2, 0.25) is 0 Å². The van der Waals surface area contributed by atoms with E-state index in [-0.39, 0.29) is 0 Å². The summed E-state index contributed by atoms with van der Waals surface area (Å²) in [6, 6.07) is 108. The Hall–Kier alpha value is -12.1. The Bertz CT molecular complexity index is 5380. The number of nitrogens with zero attached hydrogens (tertiary/aromatic N) is 6. The summed E-state index contributed by atoms with van der Waals surface area (Å²) in [7, 11) is 0. The van der Waals surface area contributed by atoms with Gasteiger partial charge in [0.1, 0.15) is 0 Å². The van der Waals surface area contributed by atoms with Crippen LogP contribution in [0.1, 0.15) is 0 Å². The first-order valence-corrected chi connectivity index (χ1v) is 30.5. The van der Waals surface area contributed by atoms with Crippen LogP contribution in [-0.2, 0) is 0 Å². The van der Waals surface area contributed by atoms with Crippen molar-refractivity contribution in [3.8, 4) is 157 Å². The molecule has 0 spiro atoms. The molecular weight excluding hydrogens is 1090 g/mol. The fourth-order valence-corrected chi connectivity index (χ4v) is 13.8. The van der Waals surface area contributed by atoms with E-state index in [1.54, 1.807) is 0 Å². The Morgan fingerprint density at radius 1 is 0.167 bits per heavy atom. The maximum atomic E-state index is 5.77. The van der Waals surface area contributed by atoms with Crippen molar-refractivity contribution in [1.29, 1.82) is 0 Å². The molecule has 0 aliphatic heterocycles. The molecule has 0 radical (unpaired) electrons. The van der Waals surface area contributed by atoms with Crippen LogP contribution in [0.25, 0.3) is 190 Å². The van der Waals surface area contributed by atoms with E-state index in [1.807, 2.05) is 66.7 Å². The molecule has 0 unspecified atom stereocenters. The molecule has 0 bridgehead atoms. The maximum absolute atomic E-state index is 5.77. The Labute approximate surface area is 519 Å². The topological polar surface area (TPSA) is 77.3 Å². The quantitative estimate of drug-likeness (QED) is 0.136. The molecule has 90 heavy (non-hydrogen) atoms. The highest BCUT2D eigenvalue weighted by molar-refractivity contribution is 6.22. The molecule has 6 heteroatoms. The summed E-state index contributed by atoms with van der Waals surface area (Å²) in [6.07, 6.45) is 0. The monoisotopic (exact) mass is 1140 g/mol. The molecule has 0 fully saturated rings. The van der Waals surface area contributed by atoms with Crippen LogP contribution < -0.4 is 0 Å². The molecule has 18 rings (SSSR count). The van der Waals surface area contributed by atoms with Crippen molar-refractivity contribution in [3.63, 3.8) is 0 Å². The van der Waals surface area contributed by atoms with Gasteiger partial charge in [-0.3, -0.25) is 0 Å². The molecule has 13 aromatic carbocycles. The lowest BCUT2D eigenvalue weighted by Crippen LogP contribution is -2.00. The van der Waals surface area contributed by atoms with Crippen LogP contribution in [-0.4, -0.2) is 29.9 Å². The number of fused-ring (bicyclic) bond motifs is 7. The van der Waals surface area contributed by atoms with Crippen LogP contribution in [0.5, 0.6) is 0 Å². The van der Waals surface area contributed by atoms with Crippen LogP contribution in [0.3, 0.4) is 0 Å². The van der Waals surface area contributed by atoms with E-state index in [2.05, 4.69) is 237 Å². The van der Waals surface area contributed by atoms with Gasteiger partial charge in [-0.2, -0.15) is 0 Å². The standard InChI is InChI=1S/C84H50N6/c1-5-19-51(20-6-1)59-49-75(52-21-7-2-8-22-52)85-76(50-59)53-35-37-54(38-36-53)79-74-48-60(61-43-45-71-64-29-15-13-27-62(64)68-32-17-31-67(61)77(68)71)47-73(66-44-46-72-65-30-16-14-28-63(65)69-33-18-34-70(66)78(69)72)80(74)87-81(86-79)57-39-41-58(42-40-57)84-89-82(55-23-9-3-10-24-55)88-83(90-84)56-25-11-4-12-26-56/h1-50H. The van der Waals surface area contributed by atoms with Crippen molar-refractivity contribution in [3.05, 3.63) is 303 Å². The van der Waals surface area contributed by atoms with Gasteiger partial charge in [-0.1, -0.05) is 279 Å². The second-order valence-corrected chi connectivity index (χ2v) is 23.2. The molecule has 3 heterocycles. The van der Waals surface area contributed by atoms with E-state index in [0.29, 0.717) is 23.3 Å². The van der Waals surface area contributed by atoms with Crippen LogP contribution in [0.4, 0.5) is 0 Å². The minimum absolute atomic E-state index is 0.574. The van der Waals surface area contributed by atoms with Gasteiger partial charge in [0.25, 0.3) is 0 Å². The van der Waals surface area contributed by atoms with Crippen molar-refractivity contribution < 1.29 is 0 Å². The average Bonchev–Trinajstić information content (AvgIpc) is 1.43. The Morgan fingerprint density at radius 3 is 1.04 bits per heavy atom. The van der Waals surface area contributed by atoms with E-state index in [9.17, 15) is 0 Å². The highest BCUT2D eigenvalue weighted by atomic mass is 15.0. The van der Waals surface area contributed by atoms with Crippen molar-refractivity contribution in [1.82, 2.24) is 29.9 Å². The van der Waals surface area contributed by atoms with Crippen LogP contribution in [0.2, 0.25) is 0 Å². The van der Waals surface area contributed by atoms with Crippen LogP contribution in [0, 0.1) is 0 Å². The minimum atomic E-state index is 0.574. The zero-order valence-corrected chi connectivity index (χ0v) is 48.6. The second kappa shape index (κ2) is 20.8. The predicted octanol–water partition coefficient (Wildman–Crippen LogP) is 21.5. The van der Waals surface area contributed by atoms with Crippen molar-refractivity contribution >= 4 is 32.4 Å². The van der Waals surface area contributed by atoms with Crippen molar-refractivity contribution in [2.24, 2.45) is 0 Å². The molecule has 0 saturated carbocycles. The first kappa shape index (κ1) is 51.1. The highest BCUT2D eigenvalue weighted by Gasteiger charge is 2.27. The van der Waals surface area contributed by atoms with Crippen LogP contribution in [0.15, 0.2) is 303 Å². The highest BCUT2D eigenvalue weighted by Crippen LogP contribution is 2.53. The Balaban J connectivity index is 0.865. The van der Waals surface area contributed by atoms with Gasteiger partial charge >= 0.3 is 0 Å². The number of benzene rings is 13. The summed E-state index contributed by atoms with van der Waals surface area (Å²) in [6.45, 7) is 0. The lowest BCUT2D eigenvalue weighted by molar-refractivity contribution is 1.07. The van der Waals surface area contributed by atoms with Crippen molar-refractivity contribution in [2.45, 2.75) is 0 Å². The molecule has 2 aliphatic rings. The number of hydrogen-bond acceptors (Lipinski definition) is 6. The molecule has 0 N–H and O–H groups in total. The zero-order valence-electron chi connectivity index (χ0n) is 48.6.